The van der Waals surface area contributed by atoms with Gasteiger partial charge in [0.15, 0.2) is 9.84 Å². The van der Waals surface area contributed by atoms with Crippen LogP contribution in [0.4, 0.5) is 14.5 Å². The van der Waals surface area contributed by atoms with Crippen molar-refractivity contribution in [2.24, 2.45) is 4.99 Å². The molecule has 228 valence electrons. The molecule has 12 heteroatoms. The van der Waals surface area contributed by atoms with Gasteiger partial charge in [0.25, 0.3) is 7.37 Å². The van der Waals surface area contributed by atoms with Gasteiger partial charge in [0.2, 0.25) is 0 Å². The van der Waals surface area contributed by atoms with Gasteiger partial charge in [0.05, 0.1) is 0 Å². The molecule has 0 aliphatic carbocycles. The summed E-state index contributed by atoms with van der Waals surface area (Å²) in [7, 11) is -3.33. The van der Waals surface area contributed by atoms with Gasteiger partial charge in [-0.25, -0.2) is 13.4 Å². The number of halogens is 3. The molecule has 2 aromatic rings. The first kappa shape index (κ1) is 36.0. The zero-order chi connectivity index (χ0) is 32.0. The summed E-state index contributed by atoms with van der Waals surface area (Å²) < 4.78 is 67.8. The van der Waals surface area contributed by atoms with Gasteiger partial charge in [0, 0.05) is 59.8 Å². The molecule has 0 spiro atoms. The minimum absolute atomic E-state index is 0.165. The zero-order valence-electron chi connectivity index (χ0n) is 24.6. The lowest BCUT2D eigenvalue weighted by molar-refractivity contribution is 0.0709. The molecule has 0 fully saturated rings. The van der Waals surface area contributed by atoms with Crippen LogP contribution >= 0.6 is 32.5 Å². The molecule has 0 radical (unpaired) electrons. The number of rotatable bonds is 9. The largest absolute Gasteiger partial charge is 0.347 e. The maximum absolute atomic E-state index is 14.9. The van der Waals surface area contributed by atoms with Crippen LogP contribution in [0.3, 0.4) is 0 Å². The van der Waals surface area contributed by atoms with Gasteiger partial charge >= 0.3 is 5.66 Å². The highest BCUT2D eigenvalue weighted by Gasteiger charge is 2.50. The van der Waals surface area contributed by atoms with Crippen molar-refractivity contribution >= 4 is 59.2 Å². The summed E-state index contributed by atoms with van der Waals surface area (Å²) in [6.07, 6.45) is 6.84. The Labute approximate surface area is 259 Å². The number of aryl methyl sites for hydroxylation is 1. The van der Waals surface area contributed by atoms with E-state index in [1.165, 1.54) is 12.3 Å². The number of aliphatic imine (C=N–C) groups is 1. The van der Waals surface area contributed by atoms with Crippen LogP contribution in [0.2, 0.25) is 0 Å². The van der Waals surface area contributed by atoms with Gasteiger partial charge in [-0.15, -0.1) is 9.24 Å². The van der Waals surface area contributed by atoms with Crippen LogP contribution in [0.15, 0.2) is 93.4 Å². The predicted molar refractivity (Wildman–Crippen MR) is 179 cm³/mol. The van der Waals surface area contributed by atoms with Gasteiger partial charge in [-0.05, 0) is 66.5 Å². The van der Waals surface area contributed by atoms with E-state index in [9.17, 15) is 21.8 Å². The standard InChI is InChI=1S/C25H27BrF2N2O2P2.C5H10O2S/c1-6-16(2)19-13-24(29-14-19)30(20-8-10-23(33)17(3)11-20)15-18-7-9-21(22(26)12-18)25(27,28)34(5,31)32-4;1-4-5(2)8(3,6)7/h6-12,14H,1-2,13,15,33H2,3-5H3;4H,1-3H3/b;5-4+. The van der Waals surface area contributed by atoms with Crippen molar-refractivity contribution in [1.29, 1.82) is 0 Å². The number of hydrogen-bond donors (Lipinski definition) is 0. The van der Waals surface area contributed by atoms with Crippen molar-refractivity contribution in [1.82, 2.24) is 0 Å². The van der Waals surface area contributed by atoms with E-state index < -0.39 is 22.9 Å². The highest BCUT2D eigenvalue weighted by Crippen LogP contribution is 2.64. The fourth-order valence-corrected chi connectivity index (χ4v) is 6.00. The highest BCUT2D eigenvalue weighted by molar-refractivity contribution is 9.10. The fourth-order valence-electron chi connectivity index (χ4n) is 3.70. The van der Waals surface area contributed by atoms with Crippen LogP contribution in [0, 0.1) is 6.92 Å². The monoisotopic (exact) mass is 700 g/mol. The molecule has 0 bridgehead atoms. The van der Waals surface area contributed by atoms with Gasteiger partial charge in [-0.3, -0.25) is 4.57 Å². The van der Waals surface area contributed by atoms with Crippen LogP contribution in [0.25, 0.3) is 0 Å². The lowest BCUT2D eigenvalue weighted by Crippen LogP contribution is -2.30. The molecule has 0 saturated heterocycles. The Morgan fingerprint density at radius 3 is 2.40 bits per heavy atom. The molecule has 3 rings (SSSR count). The predicted octanol–water partition coefficient (Wildman–Crippen LogP) is 8.25. The maximum Gasteiger partial charge on any atom is 0.347 e. The summed E-state index contributed by atoms with van der Waals surface area (Å²) in [5.41, 5.74) is 0.609. The van der Waals surface area contributed by atoms with Crippen LogP contribution in [0.1, 0.15) is 37.0 Å². The molecule has 42 heavy (non-hydrogen) atoms. The maximum atomic E-state index is 14.9. The van der Waals surface area contributed by atoms with Gasteiger partial charge in [-0.2, -0.15) is 8.78 Å². The van der Waals surface area contributed by atoms with Crippen molar-refractivity contribution in [2.75, 3.05) is 24.9 Å². The topological polar surface area (TPSA) is 76.0 Å². The molecule has 2 unspecified atom stereocenters. The average molecular weight is 702 g/mol. The van der Waals surface area contributed by atoms with E-state index >= 15 is 0 Å². The van der Waals surface area contributed by atoms with Gasteiger partial charge < -0.3 is 9.42 Å². The molecular weight excluding hydrogens is 664 g/mol. The van der Waals surface area contributed by atoms with Crippen LogP contribution < -0.4 is 10.2 Å². The summed E-state index contributed by atoms with van der Waals surface area (Å²) >= 11 is 3.25. The molecule has 0 aromatic heterocycles. The van der Waals surface area contributed by atoms with Gasteiger partial charge in [0.1, 0.15) is 5.84 Å². The quantitative estimate of drug-likeness (QED) is 0.195. The zero-order valence-corrected chi connectivity index (χ0v) is 29.1. The fraction of sp³-hybridized carbons (Fsp3) is 0.300. The third kappa shape index (κ3) is 8.67. The Bertz CT molecular complexity index is 1620. The summed E-state index contributed by atoms with van der Waals surface area (Å²) in [5.74, 6) is 0.817. The molecule has 2 aromatic carbocycles. The van der Waals surface area contributed by atoms with Crippen molar-refractivity contribution in [3.63, 3.8) is 0 Å². The Morgan fingerprint density at radius 2 is 1.93 bits per heavy atom. The second-order valence-corrected chi connectivity index (χ2v) is 16.1. The Hall–Kier alpha value is -2.22. The normalized spacial score (nSPS) is 15.1. The van der Waals surface area contributed by atoms with E-state index in [-0.39, 0.29) is 10.0 Å². The molecule has 0 N–H and O–H groups in total. The van der Waals surface area contributed by atoms with E-state index in [2.05, 4.69) is 58.8 Å². The summed E-state index contributed by atoms with van der Waals surface area (Å²) in [5, 5.41) is 1.09. The number of allylic oxidation sites excluding steroid dienone is 4. The third-order valence-corrected chi connectivity index (χ3v) is 11.5. The number of hydrogen-bond acceptors (Lipinski definition) is 6. The van der Waals surface area contributed by atoms with Crippen LogP contribution in [0.5, 0.6) is 0 Å². The minimum atomic E-state index is -4.18. The minimum Gasteiger partial charge on any atom is -0.328 e. The number of anilines is 1. The van der Waals surface area contributed by atoms with E-state index in [0.29, 0.717) is 17.9 Å². The number of benzene rings is 2. The highest BCUT2D eigenvalue weighted by atomic mass is 79.9. The van der Waals surface area contributed by atoms with Crippen molar-refractivity contribution in [3.8, 4) is 0 Å². The average Bonchev–Trinajstić information content (AvgIpc) is 3.42. The van der Waals surface area contributed by atoms with E-state index in [1.807, 2.05) is 19.1 Å². The Morgan fingerprint density at radius 1 is 1.29 bits per heavy atom. The molecule has 1 aliphatic heterocycles. The SMILES string of the molecule is C/C=C(\C)S(C)(=O)=O.C=CC(=C)C1=CN=C(N(Cc2ccc(C(F)(F)P(C)(=O)OC)c(Br)c2)c2ccc(P)c(C)c2)C1. The summed E-state index contributed by atoms with van der Waals surface area (Å²) in [6.45, 7) is 14.4. The first-order chi connectivity index (χ1) is 19.4. The smallest absolute Gasteiger partial charge is 0.328 e. The summed E-state index contributed by atoms with van der Waals surface area (Å²) in [4.78, 5) is 7.10. The molecular formula is C30H37BrF2N2O4P2S. The Kier molecular flexibility index (Phi) is 12.4. The van der Waals surface area contributed by atoms with E-state index in [4.69, 9.17) is 0 Å². The molecule has 1 aliphatic rings. The second kappa shape index (κ2) is 14.5. The van der Waals surface area contributed by atoms with E-state index in [1.54, 1.807) is 44.3 Å². The first-order valence-electron chi connectivity index (χ1n) is 12.7. The molecule has 2 atom stereocenters. The van der Waals surface area contributed by atoms with Gasteiger partial charge in [-0.1, -0.05) is 59.4 Å². The first-order valence-corrected chi connectivity index (χ1v) is 18.1. The van der Waals surface area contributed by atoms with Crippen molar-refractivity contribution in [3.05, 3.63) is 105 Å². The number of nitrogens with zero attached hydrogens (tertiary/aromatic N) is 2. The molecule has 0 saturated carbocycles. The van der Waals surface area contributed by atoms with Crippen molar-refractivity contribution in [2.45, 2.75) is 39.4 Å². The number of amidine groups is 1. The number of sulfone groups is 1. The molecule has 6 nitrogen and oxygen atoms in total. The lowest BCUT2D eigenvalue weighted by atomic mass is 10.1. The van der Waals surface area contributed by atoms with Crippen LogP contribution in [-0.2, 0) is 31.1 Å². The van der Waals surface area contributed by atoms with E-state index in [0.717, 1.165) is 52.9 Å². The summed E-state index contributed by atoms with van der Waals surface area (Å²) in [6, 6.07) is 10.6. The van der Waals surface area contributed by atoms with Crippen LogP contribution in [-0.4, -0.2) is 34.3 Å². The lowest BCUT2D eigenvalue weighted by Gasteiger charge is -2.27. The second-order valence-electron chi connectivity index (χ2n) is 9.79. The molecule has 1 heterocycles. The van der Waals surface area contributed by atoms with Crippen molar-refractivity contribution < 1.29 is 26.3 Å². The Balaban J connectivity index is 0.000000675. The number of alkyl halides is 2. The third-order valence-electron chi connectivity index (χ3n) is 6.80. The molecule has 0 amide bonds.